The van der Waals surface area contributed by atoms with Crippen molar-refractivity contribution < 1.29 is 23.8 Å². The molecular formula is C17H24N2O5. The van der Waals surface area contributed by atoms with Crippen molar-refractivity contribution in [1.82, 2.24) is 0 Å². The van der Waals surface area contributed by atoms with E-state index in [1.807, 2.05) is 24.3 Å². The third-order valence-electron chi connectivity index (χ3n) is 3.61. The lowest BCUT2D eigenvalue weighted by atomic mass is 10.2. The molecule has 1 aromatic rings. The molecule has 1 aliphatic rings. The van der Waals surface area contributed by atoms with Crippen LogP contribution in [0, 0.1) is 0 Å². The third kappa shape index (κ3) is 5.50. The Morgan fingerprint density at radius 3 is 2.54 bits per heavy atom. The molecule has 0 aromatic heterocycles. The average molecular weight is 336 g/mol. The lowest BCUT2D eigenvalue weighted by Crippen LogP contribution is -2.36. The van der Waals surface area contributed by atoms with Crippen LogP contribution in [0.5, 0.6) is 0 Å². The summed E-state index contributed by atoms with van der Waals surface area (Å²) in [5.41, 5.74) is 1.75. The fourth-order valence-corrected chi connectivity index (χ4v) is 2.29. The summed E-state index contributed by atoms with van der Waals surface area (Å²) in [4.78, 5) is 25.7. The van der Waals surface area contributed by atoms with Gasteiger partial charge in [-0.1, -0.05) is 0 Å². The number of rotatable bonds is 7. The molecule has 1 saturated heterocycles. The van der Waals surface area contributed by atoms with Gasteiger partial charge in [-0.3, -0.25) is 4.79 Å². The smallest absolute Gasteiger partial charge is 0.332 e. The van der Waals surface area contributed by atoms with E-state index < -0.39 is 12.1 Å². The molecule has 2 rings (SSSR count). The molecule has 1 fully saturated rings. The number of hydrogen-bond acceptors (Lipinski definition) is 6. The maximum absolute atomic E-state index is 12.1. The number of carbonyl (C=O) groups is 2. The number of carbonyl (C=O) groups excluding carboxylic acids is 2. The van der Waals surface area contributed by atoms with Crippen LogP contribution in [0.3, 0.4) is 0 Å². The van der Waals surface area contributed by atoms with Gasteiger partial charge in [-0.25, -0.2) is 4.79 Å². The highest BCUT2D eigenvalue weighted by atomic mass is 16.6. The molecule has 1 atom stereocenters. The van der Waals surface area contributed by atoms with Crippen LogP contribution in [-0.2, 0) is 23.8 Å². The number of esters is 1. The first-order valence-corrected chi connectivity index (χ1v) is 8.11. The molecule has 0 bridgehead atoms. The van der Waals surface area contributed by atoms with Crippen molar-refractivity contribution in [2.45, 2.75) is 20.0 Å². The maximum atomic E-state index is 12.1. The number of ether oxygens (including phenoxy) is 3. The van der Waals surface area contributed by atoms with Gasteiger partial charge in [0.2, 0.25) is 0 Å². The van der Waals surface area contributed by atoms with Crippen molar-refractivity contribution in [2.24, 2.45) is 0 Å². The highest BCUT2D eigenvalue weighted by molar-refractivity contribution is 5.95. The fraction of sp³-hybridized carbons (Fsp3) is 0.529. The average Bonchev–Trinajstić information content (AvgIpc) is 2.61. The quantitative estimate of drug-likeness (QED) is 0.759. The molecule has 1 heterocycles. The van der Waals surface area contributed by atoms with Crippen LogP contribution in [0.1, 0.15) is 13.8 Å². The van der Waals surface area contributed by atoms with E-state index >= 15 is 0 Å². The molecule has 0 aliphatic carbocycles. The first-order valence-electron chi connectivity index (χ1n) is 8.11. The summed E-state index contributed by atoms with van der Waals surface area (Å²) in [6, 6.07) is 7.56. The van der Waals surface area contributed by atoms with Crippen LogP contribution in [-0.4, -0.2) is 57.5 Å². The minimum atomic E-state index is -0.878. The Morgan fingerprint density at radius 1 is 1.25 bits per heavy atom. The summed E-state index contributed by atoms with van der Waals surface area (Å²) < 4.78 is 15.3. The molecule has 0 radical (unpaired) electrons. The number of anilines is 2. The molecule has 1 N–H and O–H groups in total. The number of nitrogens with one attached hydrogen (secondary N) is 1. The zero-order valence-electron chi connectivity index (χ0n) is 14.1. The second-order valence-electron chi connectivity index (χ2n) is 5.40. The molecule has 132 valence electrons. The van der Waals surface area contributed by atoms with Crippen LogP contribution >= 0.6 is 0 Å². The van der Waals surface area contributed by atoms with E-state index in [1.165, 1.54) is 6.92 Å². The SMILES string of the molecule is CCOCC(=O)O[C@@H](C)C(=O)Nc1ccc(N2CCOCC2)cc1. The van der Waals surface area contributed by atoms with Crippen molar-refractivity contribution in [2.75, 3.05) is 49.7 Å². The predicted molar refractivity (Wildman–Crippen MR) is 90.2 cm³/mol. The van der Waals surface area contributed by atoms with Crippen molar-refractivity contribution in [3.63, 3.8) is 0 Å². The fourth-order valence-electron chi connectivity index (χ4n) is 2.29. The number of nitrogens with zero attached hydrogens (tertiary/aromatic N) is 1. The molecular weight excluding hydrogens is 312 g/mol. The molecule has 7 heteroatoms. The van der Waals surface area contributed by atoms with Gasteiger partial charge in [0.15, 0.2) is 6.10 Å². The van der Waals surface area contributed by atoms with E-state index in [9.17, 15) is 9.59 Å². The molecule has 1 amide bonds. The van der Waals surface area contributed by atoms with Gasteiger partial charge >= 0.3 is 5.97 Å². The first kappa shape index (κ1) is 18.2. The Hall–Kier alpha value is -2.12. The second kappa shape index (κ2) is 9.24. The molecule has 24 heavy (non-hydrogen) atoms. The van der Waals surface area contributed by atoms with E-state index in [0.29, 0.717) is 12.3 Å². The van der Waals surface area contributed by atoms with E-state index in [4.69, 9.17) is 14.2 Å². The lowest BCUT2D eigenvalue weighted by Gasteiger charge is -2.28. The largest absolute Gasteiger partial charge is 0.451 e. The highest BCUT2D eigenvalue weighted by Gasteiger charge is 2.18. The third-order valence-corrected chi connectivity index (χ3v) is 3.61. The van der Waals surface area contributed by atoms with Crippen LogP contribution < -0.4 is 10.2 Å². The topological polar surface area (TPSA) is 77.1 Å². The molecule has 1 aliphatic heterocycles. The van der Waals surface area contributed by atoms with Crippen LogP contribution in [0.15, 0.2) is 24.3 Å². The van der Waals surface area contributed by atoms with E-state index in [2.05, 4.69) is 10.2 Å². The summed E-state index contributed by atoms with van der Waals surface area (Å²) in [6.45, 7) is 6.75. The second-order valence-corrected chi connectivity index (χ2v) is 5.40. The Balaban J connectivity index is 1.83. The van der Waals surface area contributed by atoms with Gasteiger partial charge < -0.3 is 24.4 Å². The van der Waals surface area contributed by atoms with E-state index in [-0.39, 0.29) is 12.5 Å². The predicted octanol–water partition coefficient (Wildman–Crippen LogP) is 1.43. The highest BCUT2D eigenvalue weighted by Crippen LogP contribution is 2.19. The van der Waals surface area contributed by atoms with Crippen molar-refractivity contribution in [3.05, 3.63) is 24.3 Å². The van der Waals surface area contributed by atoms with Gasteiger partial charge in [0.25, 0.3) is 5.91 Å². The van der Waals surface area contributed by atoms with Gasteiger partial charge in [0, 0.05) is 31.1 Å². The summed E-state index contributed by atoms with van der Waals surface area (Å²) >= 11 is 0. The number of benzene rings is 1. The summed E-state index contributed by atoms with van der Waals surface area (Å²) in [5.74, 6) is -0.930. The number of morpholine rings is 1. The minimum Gasteiger partial charge on any atom is -0.451 e. The normalized spacial score (nSPS) is 15.7. The van der Waals surface area contributed by atoms with Gasteiger partial charge in [-0.15, -0.1) is 0 Å². The van der Waals surface area contributed by atoms with Crippen molar-refractivity contribution in [3.8, 4) is 0 Å². The zero-order valence-corrected chi connectivity index (χ0v) is 14.1. The maximum Gasteiger partial charge on any atom is 0.332 e. The number of hydrogen-bond donors (Lipinski definition) is 1. The van der Waals surface area contributed by atoms with Crippen LogP contribution in [0.25, 0.3) is 0 Å². The lowest BCUT2D eigenvalue weighted by molar-refractivity contribution is -0.157. The summed E-state index contributed by atoms with van der Waals surface area (Å²) in [6.07, 6.45) is -0.878. The number of amides is 1. The Morgan fingerprint density at radius 2 is 1.92 bits per heavy atom. The summed E-state index contributed by atoms with van der Waals surface area (Å²) in [5, 5.41) is 2.73. The molecule has 1 aromatic carbocycles. The Kier molecular flexibility index (Phi) is 7.02. The van der Waals surface area contributed by atoms with Gasteiger partial charge in [0.1, 0.15) is 6.61 Å². The van der Waals surface area contributed by atoms with Crippen molar-refractivity contribution >= 4 is 23.3 Å². The molecule has 0 spiro atoms. The van der Waals surface area contributed by atoms with Crippen molar-refractivity contribution in [1.29, 1.82) is 0 Å². The molecule has 0 unspecified atom stereocenters. The van der Waals surface area contributed by atoms with E-state index in [1.54, 1.807) is 6.92 Å². The monoisotopic (exact) mass is 336 g/mol. The minimum absolute atomic E-state index is 0.150. The van der Waals surface area contributed by atoms with Crippen LogP contribution in [0.4, 0.5) is 11.4 Å². The standard InChI is InChI=1S/C17H24N2O5/c1-3-22-12-16(20)24-13(2)17(21)18-14-4-6-15(7-5-14)19-8-10-23-11-9-19/h4-7,13H,3,8-12H2,1-2H3,(H,18,21)/t13-/m0/s1. The van der Waals surface area contributed by atoms with Crippen LogP contribution in [0.2, 0.25) is 0 Å². The Bertz CT molecular complexity index is 540. The van der Waals surface area contributed by atoms with Gasteiger partial charge in [0.05, 0.1) is 13.2 Å². The Labute approximate surface area is 141 Å². The first-order chi connectivity index (χ1) is 11.6. The summed E-state index contributed by atoms with van der Waals surface area (Å²) in [7, 11) is 0. The molecule has 7 nitrogen and oxygen atoms in total. The zero-order chi connectivity index (χ0) is 17.4. The van der Waals surface area contributed by atoms with E-state index in [0.717, 1.165) is 32.0 Å². The van der Waals surface area contributed by atoms with Gasteiger partial charge in [-0.2, -0.15) is 0 Å². The van der Waals surface area contributed by atoms with Gasteiger partial charge in [-0.05, 0) is 38.1 Å². The molecule has 0 saturated carbocycles.